The number of aromatic nitrogens is 2. The largest absolute Gasteiger partial charge is 0.365 e. The van der Waals surface area contributed by atoms with Crippen LogP contribution >= 0.6 is 0 Å². The van der Waals surface area contributed by atoms with E-state index < -0.39 is 0 Å². The predicted molar refractivity (Wildman–Crippen MR) is 95.7 cm³/mol. The monoisotopic (exact) mass is 363 g/mol. The van der Waals surface area contributed by atoms with Crippen molar-refractivity contribution in [1.82, 2.24) is 19.9 Å². The van der Waals surface area contributed by atoms with Gasteiger partial charge in [-0.3, -0.25) is 4.79 Å². The second-order valence-corrected chi connectivity index (χ2v) is 7.94. The second kappa shape index (κ2) is 7.92. The van der Waals surface area contributed by atoms with E-state index in [0.717, 1.165) is 12.5 Å². The summed E-state index contributed by atoms with van der Waals surface area (Å²) in [6.45, 7) is 7.63. The number of nitrogens with one attached hydrogen (secondary N) is 1. The standard InChI is InChI=1S/C18H29N5O3/c1-13-20-18(21-26-13)19-8-16-11-23(17(24)12-25-16)10-15-4-6-22(7-5-15)9-14-2-3-14/h14-16H,2-12H2,1H3,(H,19,21)/t16-/m1/s1. The van der Waals surface area contributed by atoms with E-state index in [9.17, 15) is 4.79 Å². The molecule has 0 aromatic carbocycles. The molecule has 0 unspecified atom stereocenters. The lowest BCUT2D eigenvalue weighted by Crippen LogP contribution is -2.51. The van der Waals surface area contributed by atoms with Gasteiger partial charge in [-0.1, -0.05) is 0 Å². The number of hydrogen-bond acceptors (Lipinski definition) is 7. The highest BCUT2D eigenvalue weighted by Crippen LogP contribution is 2.31. The smallest absolute Gasteiger partial charge is 0.263 e. The number of ether oxygens (including phenoxy) is 1. The van der Waals surface area contributed by atoms with Crippen LogP contribution in [0.1, 0.15) is 31.6 Å². The summed E-state index contributed by atoms with van der Waals surface area (Å²) in [5.74, 6) is 2.68. The quantitative estimate of drug-likeness (QED) is 0.778. The third-order valence-corrected chi connectivity index (χ3v) is 5.63. The average Bonchev–Trinajstić information content (AvgIpc) is 3.36. The minimum absolute atomic E-state index is 0.0403. The normalized spacial score (nSPS) is 25.7. The van der Waals surface area contributed by atoms with Crippen LogP contribution in [0.3, 0.4) is 0 Å². The molecule has 2 aliphatic heterocycles. The Balaban J connectivity index is 1.21. The van der Waals surface area contributed by atoms with Gasteiger partial charge in [0.25, 0.3) is 5.95 Å². The van der Waals surface area contributed by atoms with Crippen molar-refractivity contribution < 1.29 is 14.1 Å². The van der Waals surface area contributed by atoms with Gasteiger partial charge in [-0.2, -0.15) is 4.98 Å². The second-order valence-electron chi connectivity index (χ2n) is 7.94. The summed E-state index contributed by atoms with van der Waals surface area (Å²) >= 11 is 0. The Hall–Kier alpha value is -1.67. The Morgan fingerprint density at radius 1 is 1.15 bits per heavy atom. The molecule has 8 heteroatoms. The average molecular weight is 363 g/mol. The van der Waals surface area contributed by atoms with E-state index in [4.69, 9.17) is 9.26 Å². The summed E-state index contributed by atoms with van der Waals surface area (Å²) < 4.78 is 10.6. The molecule has 1 aromatic rings. The van der Waals surface area contributed by atoms with Crippen molar-refractivity contribution in [2.75, 3.05) is 51.2 Å². The summed E-state index contributed by atoms with van der Waals surface area (Å²) in [7, 11) is 0. The zero-order valence-corrected chi connectivity index (χ0v) is 15.5. The fourth-order valence-electron chi connectivity index (χ4n) is 3.89. The first-order valence-electron chi connectivity index (χ1n) is 9.81. The van der Waals surface area contributed by atoms with Crippen molar-refractivity contribution in [2.24, 2.45) is 11.8 Å². The zero-order valence-electron chi connectivity index (χ0n) is 15.5. The molecule has 26 heavy (non-hydrogen) atoms. The number of rotatable bonds is 7. The number of likely N-dealkylation sites (tertiary alicyclic amines) is 1. The van der Waals surface area contributed by atoms with E-state index in [0.29, 0.717) is 30.8 Å². The van der Waals surface area contributed by atoms with Crippen LogP contribution in [0.4, 0.5) is 5.95 Å². The van der Waals surface area contributed by atoms with Crippen LogP contribution in [-0.2, 0) is 9.53 Å². The van der Waals surface area contributed by atoms with E-state index in [2.05, 4.69) is 20.4 Å². The lowest BCUT2D eigenvalue weighted by Gasteiger charge is -2.38. The van der Waals surface area contributed by atoms with Gasteiger partial charge >= 0.3 is 0 Å². The number of piperidine rings is 1. The molecule has 0 spiro atoms. The molecule has 1 N–H and O–H groups in total. The number of aryl methyl sites for hydroxylation is 1. The Kier molecular flexibility index (Phi) is 5.40. The molecule has 8 nitrogen and oxygen atoms in total. The number of nitrogens with zero attached hydrogens (tertiary/aromatic N) is 4. The van der Waals surface area contributed by atoms with E-state index in [-0.39, 0.29) is 18.6 Å². The van der Waals surface area contributed by atoms with Gasteiger partial charge in [-0.05, 0) is 55.8 Å². The Morgan fingerprint density at radius 3 is 2.62 bits per heavy atom. The molecule has 0 radical (unpaired) electrons. The molecule has 4 rings (SSSR count). The summed E-state index contributed by atoms with van der Waals surface area (Å²) in [6, 6.07) is 0. The van der Waals surface area contributed by atoms with Crippen molar-refractivity contribution in [2.45, 2.75) is 38.7 Å². The molecule has 1 amide bonds. The molecular weight excluding hydrogens is 334 g/mol. The SMILES string of the molecule is Cc1nc(NC[C@@H]2CN(CC3CCN(CC4CC4)CC3)C(=O)CO2)no1. The van der Waals surface area contributed by atoms with Gasteiger partial charge in [0.05, 0.1) is 6.10 Å². The first-order chi connectivity index (χ1) is 12.7. The molecular formula is C18H29N5O3. The molecule has 2 saturated heterocycles. The summed E-state index contributed by atoms with van der Waals surface area (Å²) in [5, 5.41) is 6.94. The molecule has 1 aliphatic carbocycles. The number of carbonyl (C=O) groups excluding carboxylic acids is 1. The first-order valence-corrected chi connectivity index (χ1v) is 9.81. The van der Waals surface area contributed by atoms with Gasteiger partial charge in [-0.15, -0.1) is 0 Å². The molecule has 3 aliphatic rings. The fraction of sp³-hybridized carbons (Fsp3) is 0.833. The maximum absolute atomic E-state index is 12.2. The van der Waals surface area contributed by atoms with Crippen LogP contribution in [0.5, 0.6) is 0 Å². The first kappa shape index (κ1) is 17.7. The molecule has 3 heterocycles. The van der Waals surface area contributed by atoms with Gasteiger partial charge in [0, 0.05) is 33.1 Å². The van der Waals surface area contributed by atoms with Gasteiger partial charge in [0.2, 0.25) is 11.8 Å². The summed E-state index contributed by atoms with van der Waals surface area (Å²) in [5.41, 5.74) is 0. The van der Waals surface area contributed by atoms with E-state index in [1.807, 2.05) is 4.90 Å². The van der Waals surface area contributed by atoms with Gasteiger partial charge in [-0.25, -0.2) is 0 Å². The highest BCUT2D eigenvalue weighted by molar-refractivity contribution is 5.78. The van der Waals surface area contributed by atoms with E-state index in [1.165, 1.54) is 45.3 Å². The molecule has 1 atom stereocenters. The van der Waals surface area contributed by atoms with Crippen molar-refractivity contribution in [3.8, 4) is 0 Å². The van der Waals surface area contributed by atoms with Crippen molar-refractivity contribution in [1.29, 1.82) is 0 Å². The predicted octanol–water partition coefficient (Wildman–Crippen LogP) is 1.14. The topological polar surface area (TPSA) is 83.7 Å². The lowest BCUT2D eigenvalue weighted by molar-refractivity contribution is -0.149. The lowest BCUT2D eigenvalue weighted by atomic mass is 9.95. The summed E-state index contributed by atoms with van der Waals surface area (Å²) in [4.78, 5) is 21.0. The summed E-state index contributed by atoms with van der Waals surface area (Å²) in [6.07, 6.45) is 5.19. The van der Waals surface area contributed by atoms with Crippen LogP contribution in [0, 0.1) is 18.8 Å². The minimum atomic E-state index is -0.0403. The van der Waals surface area contributed by atoms with Crippen molar-refractivity contribution in [3.63, 3.8) is 0 Å². The molecule has 3 fully saturated rings. The number of hydrogen-bond donors (Lipinski definition) is 1. The van der Waals surface area contributed by atoms with Crippen LogP contribution in [0.2, 0.25) is 0 Å². The van der Waals surface area contributed by atoms with Gasteiger partial charge < -0.3 is 24.4 Å². The molecule has 1 aromatic heterocycles. The molecule has 144 valence electrons. The molecule has 0 bridgehead atoms. The zero-order chi connectivity index (χ0) is 17.9. The van der Waals surface area contributed by atoms with Crippen molar-refractivity contribution in [3.05, 3.63) is 5.89 Å². The Bertz CT molecular complexity index is 610. The highest BCUT2D eigenvalue weighted by atomic mass is 16.5. The van der Waals surface area contributed by atoms with Crippen molar-refractivity contribution >= 4 is 11.9 Å². The molecule has 1 saturated carbocycles. The van der Waals surface area contributed by atoms with Gasteiger partial charge in [0.1, 0.15) is 6.61 Å². The Labute approximate surface area is 154 Å². The number of amides is 1. The van der Waals surface area contributed by atoms with E-state index >= 15 is 0 Å². The minimum Gasteiger partial charge on any atom is -0.365 e. The number of anilines is 1. The highest BCUT2D eigenvalue weighted by Gasteiger charge is 2.31. The van der Waals surface area contributed by atoms with Crippen LogP contribution in [0.15, 0.2) is 4.52 Å². The maximum atomic E-state index is 12.2. The van der Waals surface area contributed by atoms with Crippen LogP contribution in [-0.4, -0.2) is 77.8 Å². The third kappa shape index (κ3) is 4.73. The maximum Gasteiger partial charge on any atom is 0.263 e. The Morgan fingerprint density at radius 2 is 1.92 bits per heavy atom. The van der Waals surface area contributed by atoms with Gasteiger partial charge in [0.15, 0.2) is 0 Å². The number of carbonyl (C=O) groups is 1. The third-order valence-electron chi connectivity index (χ3n) is 5.63. The van der Waals surface area contributed by atoms with Crippen LogP contribution < -0.4 is 5.32 Å². The fourth-order valence-corrected chi connectivity index (χ4v) is 3.89. The van der Waals surface area contributed by atoms with Crippen LogP contribution in [0.25, 0.3) is 0 Å². The number of morpholine rings is 1. The van der Waals surface area contributed by atoms with E-state index in [1.54, 1.807) is 6.92 Å².